The highest BCUT2D eigenvalue weighted by molar-refractivity contribution is 6.40. The van der Waals surface area contributed by atoms with Crippen molar-refractivity contribution in [1.29, 1.82) is 0 Å². The van der Waals surface area contributed by atoms with Crippen LogP contribution in [0.1, 0.15) is 40.7 Å². The maximum atomic E-state index is 12.3. The summed E-state index contributed by atoms with van der Waals surface area (Å²) in [5.74, 6) is -1.10. The van der Waals surface area contributed by atoms with Crippen LogP contribution in [0.2, 0.25) is 10.0 Å². The first-order valence-corrected chi connectivity index (χ1v) is 11.8. The third-order valence-electron chi connectivity index (χ3n) is 5.53. The maximum Gasteiger partial charge on any atom is 0.417 e. The number of carbonyl (C=O) groups excluding carboxylic acids is 1. The molecular weight excluding hydrogens is 512 g/mol. The number of rotatable bonds is 4. The molecule has 3 aromatic rings. The van der Waals surface area contributed by atoms with E-state index < -0.39 is 28.2 Å². The quantitative estimate of drug-likeness (QED) is 0.392. The summed E-state index contributed by atoms with van der Waals surface area (Å²) in [5.41, 5.74) is 7.05. The molecule has 4 rings (SSSR count). The van der Waals surface area contributed by atoms with Crippen molar-refractivity contribution in [2.45, 2.75) is 37.9 Å². The van der Waals surface area contributed by atoms with Crippen LogP contribution >= 0.6 is 23.2 Å². The van der Waals surface area contributed by atoms with Gasteiger partial charge in [0.2, 0.25) is 0 Å². The number of alkyl halides is 3. The normalized spacial score (nSPS) is 15.2. The SMILES string of the molecule is C#C.Cn1cc(-c2ccc(CC3CCCCN3)cc2)cn1.NC(=O)c1c(Cl)ccc(C(F)(F)F)c1Cl. The van der Waals surface area contributed by atoms with Crippen molar-refractivity contribution in [2.75, 3.05) is 6.54 Å². The lowest BCUT2D eigenvalue weighted by atomic mass is 9.97. The summed E-state index contributed by atoms with van der Waals surface area (Å²) >= 11 is 10.9. The number of aryl methyl sites for hydroxylation is 1. The Bertz CT molecular complexity index is 1170. The molecule has 0 aliphatic carbocycles. The third-order valence-corrected chi connectivity index (χ3v) is 6.24. The molecular formula is C26H27Cl2F3N4O. The van der Waals surface area contributed by atoms with Gasteiger partial charge in [0, 0.05) is 24.8 Å². The Hall–Kier alpha value is -2.99. The van der Waals surface area contributed by atoms with Crippen LogP contribution in [0.4, 0.5) is 13.2 Å². The molecule has 1 unspecified atom stereocenters. The second-order valence-corrected chi connectivity index (χ2v) is 8.88. The Labute approximate surface area is 218 Å². The first-order valence-electron chi connectivity index (χ1n) is 11.1. The number of nitrogens with two attached hydrogens (primary N) is 1. The predicted octanol–water partition coefficient (Wildman–Crippen LogP) is 6.13. The molecule has 1 atom stereocenters. The number of primary amides is 1. The molecule has 0 saturated carbocycles. The number of nitrogens with zero attached hydrogens (tertiary/aromatic N) is 2. The van der Waals surface area contributed by atoms with E-state index in [1.165, 1.54) is 42.5 Å². The molecule has 36 heavy (non-hydrogen) atoms. The topological polar surface area (TPSA) is 72.9 Å². The van der Waals surface area contributed by atoms with Crippen molar-refractivity contribution in [1.82, 2.24) is 15.1 Å². The van der Waals surface area contributed by atoms with Crippen LogP contribution < -0.4 is 11.1 Å². The highest BCUT2D eigenvalue weighted by Gasteiger charge is 2.35. The van der Waals surface area contributed by atoms with Gasteiger partial charge in [-0.15, -0.1) is 12.8 Å². The molecule has 1 aliphatic heterocycles. The van der Waals surface area contributed by atoms with E-state index >= 15 is 0 Å². The lowest BCUT2D eigenvalue weighted by Crippen LogP contribution is -2.35. The van der Waals surface area contributed by atoms with Gasteiger partial charge in [0.15, 0.2) is 0 Å². The molecule has 0 radical (unpaired) electrons. The molecule has 2 aromatic carbocycles. The van der Waals surface area contributed by atoms with Gasteiger partial charge in [-0.2, -0.15) is 18.3 Å². The average molecular weight is 539 g/mol. The highest BCUT2D eigenvalue weighted by Crippen LogP contribution is 2.38. The van der Waals surface area contributed by atoms with Gasteiger partial charge in [0.25, 0.3) is 5.91 Å². The van der Waals surface area contributed by atoms with Gasteiger partial charge in [-0.3, -0.25) is 9.48 Å². The number of terminal acetylenes is 1. The van der Waals surface area contributed by atoms with E-state index in [4.69, 9.17) is 28.9 Å². The predicted molar refractivity (Wildman–Crippen MR) is 138 cm³/mol. The summed E-state index contributed by atoms with van der Waals surface area (Å²) in [7, 11) is 1.95. The van der Waals surface area contributed by atoms with Gasteiger partial charge in [0.05, 0.1) is 27.4 Å². The summed E-state index contributed by atoms with van der Waals surface area (Å²) in [4.78, 5) is 10.8. The number of carbonyl (C=O) groups is 1. The molecule has 1 aliphatic rings. The minimum atomic E-state index is -4.65. The molecule has 0 spiro atoms. The zero-order chi connectivity index (χ0) is 26.9. The van der Waals surface area contributed by atoms with Gasteiger partial charge in [-0.25, -0.2) is 0 Å². The molecule has 1 aromatic heterocycles. The zero-order valence-corrected chi connectivity index (χ0v) is 21.2. The van der Waals surface area contributed by atoms with Gasteiger partial charge >= 0.3 is 6.18 Å². The molecule has 10 heteroatoms. The van der Waals surface area contributed by atoms with Crippen molar-refractivity contribution in [2.24, 2.45) is 12.8 Å². The van der Waals surface area contributed by atoms with E-state index in [0.29, 0.717) is 12.1 Å². The van der Waals surface area contributed by atoms with Crippen LogP contribution in [0.5, 0.6) is 0 Å². The molecule has 3 N–H and O–H groups in total. The van der Waals surface area contributed by atoms with Crippen molar-refractivity contribution >= 4 is 29.1 Å². The summed E-state index contributed by atoms with van der Waals surface area (Å²) in [5, 5.41) is 6.84. The van der Waals surface area contributed by atoms with Crippen LogP contribution in [0.15, 0.2) is 48.8 Å². The maximum absolute atomic E-state index is 12.3. The Morgan fingerprint density at radius 1 is 1.14 bits per heavy atom. The Balaban J connectivity index is 0.000000244. The Kier molecular flexibility index (Phi) is 10.8. The van der Waals surface area contributed by atoms with Crippen molar-refractivity contribution < 1.29 is 18.0 Å². The first kappa shape index (κ1) is 29.2. The van der Waals surface area contributed by atoms with Crippen LogP contribution in [-0.4, -0.2) is 28.3 Å². The fourth-order valence-corrected chi connectivity index (χ4v) is 4.45. The lowest BCUT2D eigenvalue weighted by Gasteiger charge is -2.23. The number of nitrogens with one attached hydrogen (secondary N) is 1. The van der Waals surface area contributed by atoms with Gasteiger partial charge in [-0.1, -0.05) is 53.9 Å². The summed E-state index contributed by atoms with van der Waals surface area (Å²) < 4.78 is 38.9. The Morgan fingerprint density at radius 3 is 2.31 bits per heavy atom. The van der Waals surface area contributed by atoms with E-state index in [1.54, 1.807) is 0 Å². The smallest absolute Gasteiger partial charge is 0.366 e. The molecule has 0 bridgehead atoms. The first-order chi connectivity index (χ1) is 17.1. The number of aromatic nitrogens is 2. The van der Waals surface area contributed by atoms with Gasteiger partial charge < -0.3 is 11.1 Å². The monoisotopic (exact) mass is 538 g/mol. The van der Waals surface area contributed by atoms with Crippen LogP contribution in [-0.2, 0) is 19.6 Å². The van der Waals surface area contributed by atoms with Crippen molar-refractivity contribution in [3.8, 4) is 24.0 Å². The number of benzene rings is 2. The number of amides is 1. The molecule has 1 amide bonds. The van der Waals surface area contributed by atoms with Crippen LogP contribution in [0, 0.1) is 12.8 Å². The highest BCUT2D eigenvalue weighted by atomic mass is 35.5. The molecule has 5 nitrogen and oxygen atoms in total. The van der Waals surface area contributed by atoms with E-state index in [9.17, 15) is 18.0 Å². The lowest BCUT2D eigenvalue weighted by molar-refractivity contribution is -0.137. The number of hydrogen-bond donors (Lipinski definition) is 2. The van der Waals surface area contributed by atoms with Crippen LogP contribution in [0.25, 0.3) is 11.1 Å². The fourth-order valence-electron chi connectivity index (χ4n) is 3.78. The third kappa shape index (κ3) is 8.02. The minimum Gasteiger partial charge on any atom is -0.366 e. The molecule has 1 saturated heterocycles. The van der Waals surface area contributed by atoms with Crippen molar-refractivity contribution in [3.05, 3.63) is 75.5 Å². The number of hydrogen-bond acceptors (Lipinski definition) is 3. The van der Waals surface area contributed by atoms with E-state index in [-0.39, 0.29) is 5.02 Å². The minimum absolute atomic E-state index is 0.208. The Morgan fingerprint density at radius 2 is 1.81 bits per heavy atom. The molecule has 1 fully saturated rings. The standard InChI is InChI=1S/C16H21N3.C8H4Cl2F3NO.C2H2/c1-19-12-15(11-18-19)14-7-5-13(6-8-14)10-16-4-2-3-9-17-16;9-4-2-1-3(8(11,12)13)6(10)5(4)7(14)15;1-2/h5-8,11-12,16-17H,2-4,9-10H2,1H3;1-2H,(H2,14,15);1-2H. The van der Waals surface area contributed by atoms with Gasteiger partial charge in [0.1, 0.15) is 0 Å². The molecule has 192 valence electrons. The summed E-state index contributed by atoms with van der Waals surface area (Å²) in [6.07, 6.45) is 12.5. The average Bonchev–Trinajstić information content (AvgIpc) is 3.27. The fraction of sp³-hybridized carbons (Fsp3) is 0.308. The van der Waals surface area contributed by atoms with Crippen molar-refractivity contribution in [3.63, 3.8) is 0 Å². The second-order valence-electron chi connectivity index (χ2n) is 8.10. The van der Waals surface area contributed by atoms with E-state index in [1.807, 2.05) is 17.9 Å². The summed E-state index contributed by atoms with van der Waals surface area (Å²) in [6, 6.07) is 11.2. The van der Waals surface area contributed by atoms with Crippen LogP contribution in [0.3, 0.4) is 0 Å². The van der Waals surface area contributed by atoms with Gasteiger partial charge in [-0.05, 0) is 49.1 Å². The molecule has 2 heterocycles. The second kappa shape index (κ2) is 13.4. The van der Waals surface area contributed by atoms with E-state index in [0.717, 1.165) is 12.5 Å². The zero-order valence-electron chi connectivity index (χ0n) is 19.7. The summed E-state index contributed by atoms with van der Waals surface area (Å²) in [6.45, 7) is 1.18. The number of halogens is 5. The largest absolute Gasteiger partial charge is 0.417 e. The van der Waals surface area contributed by atoms with E-state index in [2.05, 4.69) is 53.7 Å². The number of piperidine rings is 1.